The Morgan fingerprint density at radius 3 is 2.29 bits per heavy atom. The van der Waals surface area contributed by atoms with Crippen LogP contribution in [0.2, 0.25) is 0 Å². The van der Waals surface area contributed by atoms with Crippen LogP contribution in [0.3, 0.4) is 0 Å². The summed E-state index contributed by atoms with van der Waals surface area (Å²) in [6, 6.07) is 16.8. The van der Waals surface area contributed by atoms with Crippen molar-refractivity contribution in [3.8, 4) is 0 Å². The van der Waals surface area contributed by atoms with E-state index in [0.29, 0.717) is 24.3 Å². The molecule has 0 aromatic heterocycles. The Kier molecular flexibility index (Phi) is 8.08. The normalized spacial score (nSPS) is 20.1. The van der Waals surface area contributed by atoms with E-state index >= 15 is 0 Å². The molecule has 3 atom stereocenters. The van der Waals surface area contributed by atoms with Crippen LogP contribution in [0.5, 0.6) is 0 Å². The molecular weight excluding hydrogens is 416 g/mol. The average Bonchev–Trinajstić information content (AvgIpc) is 2.91. The molecule has 1 saturated heterocycles. The Hall–Kier alpha value is -2.84. The highest BCUT2D eigenvalue weighted by molar-refractivity contribution is 7.99. The number of thioether (sulfide) groups is 1. The van der Waals surface area contributed by atoms with Crippen molar-refractivity contribution < 1.29 is 24.6 Å². The predicted molar refractivity (Wildman–Crippen MR) is 119 cm³/mol. The molecule has 3 rings (SSSR count). The van der Waals surface area contributed by atoms with E-state index in [1.54, 1.807) is 0 Å². The molecule has 0 spiro atoms. The summed E-state index contributed by atoms with van der Waals surface area (Å²) in [5, 5.41) is 22.1. The highest BCUT2D eigenvalue weighted by Crippen LogP contribution is 2.29. The summed E-state index contributed by atoms with van der Waals surface area (Å²) in [5.74, 6) is -1.58. The molecule has 0 radical (unpaired) electrons. The minimum Gasteiger partial charge on any atom is -0.480 e. The molecule has 2 aromatic rings. The van der Waals surface area contributed by atoms with Crippen molar-refractivity contribution >= 4 is 29.6 Å². The maximum atomic E-state index is 13.3. The number of carboxylic acid groups (broad SMARTS) is 2. The molecule has 1 aliphatic rings. The monoisotopic (exact) mass is 442 g/mol. The van der Waals surface area contributed by atoms with Gasteiger partial charge in [-0.05, 0) is 24.0 Å². The summed E-state index contributed by atoms with van der Waals surface area (Å²) in [5.41, 5.74) is 1.89. The molecule has 2 unspecified atom stereocenters. The Labute approximate surface area is 185 Å². The van der Waals surface area contributed by atoms with Crippen LogP contribution >= 0.6 is 11.8 Å². The first-order valence-corrected chi connectivity index (χ1v) is 11.3. The third-order valence-corrected chi connectivity index (χ3v) is 6.39. The Bertz CT molecular complexity index is 893. The topological polar surface area (TPSA) is 107 Å². The zero-order valence-electron chi connectivity index (χ0n) is 17.0. The number of carbonyl (C=O) groups excluding carboxylic acids is 1. The molecule has 1 aliphatic heterocycles. The molecule has 164 valence electrons. The summed E-state index contributed by atoms with van der Waals surface area (Å²) in [4.78, 5) is 38.0. The van der Waals surface area contributed by atoms with Crippen LogP contribution in [-0.4, -0.2) is 63.1 Å². The van der Waals surface area contributed by atoms with Crippen LogP contribution in [-0.2, 0) is 20.8 Å². The van der Waals surface area contributed by atoms with E-state index in [-0.39, 0.29) is 11.9 Å². The van der Waals surface area contributed by atoms with E-state index in [4.69, 9.17) is 0 Å². The van der Waals surface area contributed by atoms with Crippen LogP contribution < -0.4 is 5.32 Å². The van der Waals surface area contributed by atoms with E-state index in [9.17, 15) is 24.6 Å². The molecule has 7 nitrogen and oxygen atoms in total. The number of hydrogen-bond donors (Lipinski definition) is 3. The minimum absolute atomic E-state index is 0.328. The first-order chi connectivity index (χ1) is 15.0. The number of carboxylic acids is 2. The summed E-state index contributed by atoms with van der Waals surface area (Å²) in [6.07, 6.45) is 0.888. The molecule has 0 saturated carbocycles. The molecule has 8 heteroatoms. The van der Waals surface area contributed by atoms with Gasteiger partial charge < -0.3 is 15.1 Å². The molecule has 3 N–H and O–H groups in total. The number of amides is 1. The highest BCUT2D eigenvalue weighted by Gasteiger charge is 2.37. The second kappa shape index (κ2) is 11.0. The summed E-state index contributed by atoms with van der Waals surface area (Å²) < 4.78 is 0. The molecule has 1 amide bonds. The summed E-state index contributed by atoms with van der Waals surface area (Å²) in [7, 11) is 0. The molecule has 1 heterocycles. The van der Waals surface area contributed by atoms with E-state index < -0.39 is 30.6 Å². The van der Waals surface area contributed by atoms with Crippen molar-refractivity contribution in [1.29, 1.82) is 0 Å². The molecule has 0 aliphatic carbocycles. The lowest BCUT2D eigenvalue weighted by Gasteiger charge is -2.31. The molecule has 31 heavy (non-hydrogen) atoms. The maximum Gasteiger partial charge on any atom is 0.323 e. The Morgan fingerprint density at radius 2 is 1.68 bits per heavy atom. The van der Waals surface area contributed by atoms with Gasteiger partial charge in [-0.3, -0.25) is 19.7 Å². The average molecular weight is 443 g/mol. The van der Waals surface area contributed by atoms with Gasteiger partial charge in [0.2, 0.25) is 5.91 Å². The number of nitrogens with one attached hydrogen (secondary N) is 1. The summed E-state index contributed by atoms with van der Waals surface area (Å²) >= 11 is 1.52. The van der Waals surface area contributed by atoms with Gasteiger partial charge >= 0.3 is 11.9 Å². The van der Waals surface area contributed by atoms with E-state index in [1.807, 2.05) is 60.7 Å². The second-order valence-electron chi connectivity index (χ2n) is 7.46. The van der Waals surface area contributed by atoms with Crippen molar-refractivity contribution in [2.24, 2.45) is 0 Å². The molecule has 1 fully saturated rings. The Balaban J connectivity index is 1.75. The van der Waals surface area contributed by atoms with Gasteiger partial charge in [0.05, 0.1) is 12.1 Å². The fraction of sp³-hybridized carbons (Fsp3) is 0.348. The lowest BCUT2D eigenvalue weighted by molar-refractivity contribution is -0.147. The van der Waals surface area contributed by atoms with E-state index in [2.05, 4.69) is 5.32 Å². The largest absolute Gasteiger partial charge is 0.480 e. The number of rotatable bonds is 9. The summed E-state index contributed by atoms with van der Waals surface area (Å²) in [6.45, 7) is -0.432. The number of aryl methyl sites for hydroxylation is 1. The Morgan fingerprint density at radius 1 is 1.03 bits per heavy atom. The van der Waals surface area contributed by atoms with Gasteiger partial charge in [-0.15, -0.1) is 0 Å². The van der Waals surface area contributed by atoms with Gasteiger partial charge in [-0.1, -0.05) is 60.7 Å². The maximum absolute atomic E-state index is 13.3. The fourth-order valence-electron chi connectivity index (χ4n) is 3.69. The van der Waals surface area contributed by atoms with Gasteiger partial charge in [0.25, 0.3) is 0 Å². The van der Waals surface area contributed by atoms with Crippen molar-refractivity contribution in [3.63, 3.8) is 0 Å². The SMILES string of the molecule is O=C(O)CN1C(=O)C(N[C@@H](CCc2ccccc2)C(=O)O)CSCC1c1ccccc1. The van der Waals surface area contributed by atoms with Crippen LogP contribution in [0.25, 0.3) is 0 Å². The zero-order chi connectivity index (χ0) is 22.2. The van der Waals surface area contributed by atoms with Crippen LogP contribution in [0, 0.1) is 0 Å². The standard InChI is InChI=1S/C23H26N2O5S/c26-21(27)13-25-20(17-9-5-2-6-10-17)15-31-14-19(22(25)28)24-18(23(29)30)12-11-16-7-3-1-4-8-16/h1-10,18-20,24H,11-15H2,(H,26,27)(H,29,30)/t18-,19?,20?/m0/s1. The lowest BCUT2D eigenvalue weighted by Crippen LogP contribution is -2.53. The van der Waals surface area contributed by atoms with Gasteiger partial charge in [0.15, 0.2) is 0 Å². The molecular formula is C23H26N2O5S. The van der Waals surface area contributed by atoms with Crippen molar-refractivity contribution in [1.82, 2.24) is 10.2 Å². The van der Waals surface area contributed by atoms with Crippen LogP contribution in [0.4, 0.5) is 0 Å². The van der Waals surface area contributed by atoms with Crippen molar-refractivity contribution in [2.75, 3.05) is 18.1 Å². The van der Waals surface area contributed by atoms with E-state index in [0.717, 1.165) is 11.1 Å². The number of benzene rings is 2. The van der Waals surface area contributed by atoms with Crippen LogP contribution in [0.15, 0.2) is 60.7 Å². The molecule has 2 aromatic carbocycles. The number of carbonyl (C=O) groups is 3. The van der Waals surface area contributed by atoms with Crippen molar-refractivity contribution in [2.45, 2.75) is 31.0 Å². The van der Waals surface area contributed by atoms with Crippen LogP contribution in [0.1, 0.15) is 23.6 Å². The quantitative estimate of drug-likeness (QED) is 0.548. The smallest absolute Gasteiger partial charge is 0.323 e. The third kappa shape index (κ3) is 6.32. The minimum atomic E-state index is -1.10. The van der Waals surface area contributed by atoms with Crippen molar-refractivity contribution in [3.05, 3.63) is 71.8 Å². The van der Waals surface area contributed by atoms with Gasteiger partial charge in [-0.2, -0.15) is 11.8 Å². The van der Waals surface area contributed by atoms with E-state index in [1.165, 1.54) is 16.7 Å². The van der Waals surface area contributed by atoms with Gasteiger partial charge in [0, 0.05) is 11.5 Å². The van der Waals surface area contributed by atoms with Gasteiger partial charge in [-0.25, -0.2) is 0 Å². The first-order valence-electron chi connectivity index (χ1n) is 10.1. The fourth-order valence-corrected chi connectivity index (χ4v) is 4.90. The molecule has 0 bridgehead atoms. The predicted octanol–water partition coefficient (Wildman–Crippen LogP) is 2.43. The number of hydrogen-bond acceptors (Lipinski definition) is 5. The third-order valence-electron chi connectivity index (χ3n) is 5.27. The zero-order valence-corrected chi connectivity index (χ0v) is 17.8. The second-order valence-corrected chi connectivity index (χ2v) is 8.53. The van der Waals surface area contributed by atoms with Gasteiger partial charge in [0.1, 0.15) is 12.6 Å². The lowest BCUT2D eigenvalue weighted by atomic mass is 10.0. The number of nitrogens with zero attached hydrogens (tertiary/aromatic N) is 1. The first kappa shape index (κ1) is 22.8. The highest BCUT2D eigenvalue weighted by atomic mass is 32.2. The number of aliphatic carboxylic acids is 2.